The van der Waals surface area contributed by atoms with E-state index in [1.165, 1.54) is 44.3 Å². The first-order valence-electron chi connectivity index (χ1n) is 14.2. The molecule has 5 rings (SSSR count). The number of rotatable bonds is 10. The van der Waals surface area contributed by atoms with Gasteiger partial charge in [0, 0.05) is 35.2 Å². The van der Waals surface area contributed by atoms with Crippen LogP contribution in [-0.4, -0.2) is 65.3 Å². The van der Waals surface area contributed by atoms with Gasteiger partial charge in [0.15, 0.2) is 0 Å². The first-order chi connectivity index (χ1) is 22.1. The molecule has 0 saturated carbocycles. The van der Waals surface area contributed by atoms with Crippen LogP contribution in [0, 0.1) is 5.82 Å². The molecule has 2 aromatic heterocycles. The summed E-state index contributed by atoms with van der Waals surface area (Å²) in [6.45, 7) is 1.16. The van der Waals surface area contributed by atoms with E-state index in [2.05, 4.69) is 20.6 Å². The lowest BCUT2D eigenvalue weighted by molar-refractivity contribution is -0.265. The van der Waals surface area contributed by atoms with Crippen LogP contribution in [0.2, 0.25) is 0 Å². The molecule has 3 heterocycles. The third-order valence-corrected chi connectivity index (χ3v) is 7.80. The maximum atomic E-state index is 14.8. The van der Waals surface area contributed by atoms with Gasteiger partial charge in [-0.3, -0.25) is 19.4 Å². The van der Waals surface area contributed by atoms with Gasteiger partial charge in [0.25, 0.3) is 5.91 Å². The number of alkyl halides is 3. The van der Waals surface area contributed by atoms with Gasteiger partial charge in [0.05, 0.1) is 18.8 Å². The zero-order valence-electron chi connectivity index (χ0n) is 25.1. The molecule has 15 heteroatoms. The summed E-state index contributed by atoms with van der Waals surface area (Å²) in [5, 5.41) is 16.4. The lowest BCUT2D eigenvalue weighted by Gasteiger charge is -2.31. The number of fused-ring (bicyclic) bond motifs is 2. The van der Waals surface area contributed by atoms with Gasteiger partial charge in [-0.1, -0.05) is 6.07 Å². The van der Waals surface area contributed by atoms with Gasteiger partial charge in [0.1, 0.15) is 47.2 Å². The van der Waals surface area contributed by atoms with E-state index in [1.807, 2.05) is 0 Å². The van der Waals surface area contributed by atoms with Crippen LogP contribution in [0.1, 0.15) is 35.5 Å². The molecule has 0 fully saturated rings. The predicted molar refractivity (Wildman–Crippen MR) is 160 cm³/mol. The maximum absolute atomic E-state index is 14.8. The number of primary amides is 1. The zero-order valence-corrected chi connectivity index (χ0v) is 25.1. The average Bonchev–Trinajstić information content (AvgIpc) is 3.38. The van der Waals surface area contributed by atoms with Crippen molar-refractivity contribution in [1.82, 2.24) is 20.6 Å². The molecule has 5 N–H and O–H groups in total. The molecular formula is C32H29F4N5O6. The van der Waals surface area contributed by atoms with Crippen LogP contribution >= 0.6 is 0 Å². The Kier molecular flexibility index (Phi) is 8.77. The van der Waals surface area contributed by atoms with Crippen LogP contribution < -0.4 is 25.8 Å². The Morgan fingerprint density at radius 1 is 1.11 bits per heavy atom. The molecule has 11 nitrogen and oxygen atoms in total. The molecule has 0 spiro atoms. The summed E-state index contributed by atoms with van der Waals surface area (Å²) in [6, 6.07) is 11.4. The number of aromatic nitrogens is 2. The summed E-state index contributed by atoms with van der Waals surface area (Å²) in [5.41, 5.74) is -0.566. The quantitative estimate of drug-likeness (QED) is 0.149. The van der Waals surface area contributed by atoms with E-state index in [1.54, 1.807) is 12.1 Å². The number of ether oxygens (including phenoxy) is 2. The Morgan fingerprint density at radius 2 is 1.83 bits per heavy atom. The fourth-order valence-corrected chi connectivity index (χ4v) is 5.04. The molecule has 0 saturated heterocycles. The van der Waals surface area contributed by atoms with Crippen molar-refractivity contribution in [2.45, 2.75) is 31.0 Å². The lowest BCUT2D eigenvalue weighted by Crippen LogP contribution is -2.51. The van der Waals surface area contributed by atoms with Gasteiger partial charge in [-0.25, -0.2) is 9.37 Å². The van der Waals surface area contributed by atoms with Gasteiger partial charge in [0.2, 0.25) is 17.4 Å². The Labute approximate surface area is 265 Å². The number of pyridine rings is 2. The first-order valence-corrected chi connectivity index (χ1v) is 14.2. The monoisotopic (exact) mass is 655 g/mol. The van der Waals surface area contributed by atoms with Crippen LogP contribution in [0.5, 0.6) is 11.5 Å². The topological polar surface area (TPSA) is 166 Å². The van der Waals surface area contributed by atoms with Gasteiger partial charge in [-0.05, 0) is 55.5 Å². The highest BCUT2D eigenvalue weighted by Gasteiger charge is 2.57. The van der Waals surface area contributed by atoms with Crippen molar-refractivity contribution < 1.29 is 46.5 Å². The molecule has 246 valence electrons. The summed E-state index contributed by atoms with van der Waals surface area (Å²) in [4.78, 5) is 45.3. The van der Waals surface area contributed by atoms with E-state index in [-0.39, 0.29) is 59.5 Å². The van der Waals surface area contributed by atoms with E-state index in [0.717, 1.165) is 18.2 Å². The lowest BCUT2D eigenvalue weighted by atomic mass is 9.81. The van der Waals surface area contributed by atoms with Crippen molar-refractivity contribution >= 4 is 28.6 Å². The summed E-state index contributed by atoms with van der Waals surface area (Å²) in [7, 11) is 0. The third-order valence-electron chi connectivity index (χ3n) is 7.80. The molecule has 1 aliphatic heterocycles. The largest absolute Gasteiger partial charge is 0.489 e. The maximum Gasteiger partial charge on any atom is 0.424 e. The summed E-state index contributed by atoms with van der Waals surface area (Å²) in [6.07, 6.45) is -3.90. The van der Waals surface area contributed by atoms with Gasteiger partial charge in [-0.2, -0.15) is 13.2 Å². The number of amides is 3. The van der Waals surface area contributed by atoms with E-state index >= 15 is 0 Å². The molecule has 47 heavy (non-hydrogen) atoms. The summed E-state index contributed by atoms with van der Waals surface area (Å²) in [5.74, 6) is -2.70. The highest BCUT2D eigenvalue weighted by Crippen LogP contribution is 2.47. The minimum atomic E-state index is -5.39. The van der Waals surface area contributed by atoms with Crippen molar-refractivity contribution in [3.05, 3.63) is 83.4 Å². The van der Waals surface area contributed by atoms with Crippen LogP contribution in [0.3, 0.4) is 0 Å². The third kappa shape index (κ3) is 6.38. The number of halogens is 4. The molecule has 0 bridgehead atoms. The van der Waals surface area contributed by atoms with Crippen LogP contribution in [0.4, 0.5) is 17.6 Å². The van der Waals surface area contributed by atoms with E-state index in [4.69, 9.17) is 15.2 Å². The number of nitrogens with zero attached hydrogens (tertiary/aromatic N) is 2. The van der Waals surface area contributed by atoms with E-state index in [0.29, 0.717) is 10.9 Å². The Hall–Kier alpha value is -5.31. The second-order valence-corrected chi connectivity index (χ2v) is 11.1. The van der Waals surface area contributed by atoms with Crippen molar-refractivity contribution in [2.24, 2.45) is 5.73 Å². The summed E-state index contributed by atoms with van der Waals surface area (Å²) < 4.78 is 69.4. The zero-order chi connectivity index (χ0) is 34.1. The average molecular weight is 656 g/mol. The van der Waals surface area contributed by atoms with Crippen molar-refractivity contribution in [3.8, 4) is 22.8 Å². The molecule has 0 unspecified atom stereocenters. The Balaban J connectivity index is 1.52. The van der Waals surface area contributed by atoms with Crippen molar-refractivity contribution in [1.29, 1.82) is 0 Å². The summed E-state index contributed by atoms with van der Waals surface area (Å²) >= 11 is 0. The smallest absolute Gasteiger partial charge is 0.424 e. The number of aliphatic hydroxyl groups is 1. The molecular weight excluding hydrogens is 626 g/mol. The molecule has 2 atom stereocenters. The predicted octanol–water partition coefficient (Wildman–Crippen LogP) is 3.27. The minimum absolute atomic E-state index is 0.0124. The number of nitrogens with one attached hydrogen (secondary N) is 2. The van der Waals surface area contributed by atoms with Crippen molar-refractivity contribution in [2.75, 3.05) is 26.3 Å². The SMILES string of the molecule is CC(=O)NCCOc1cc(C(=O)NC[C@](O)(c2cc3c(c(-c4ccc(F)cc4)n2)OC[C@]3(C)C(N)=O)C(F)(F)F)cc2cccnc12. The van der Waals surface area contributed by atoms with Gasteiger partial charge < -0.3 is 30.9 Å². The van der Waals surface area contributed by atoms with Gasteiger partial charge >= 0.3 is 6.18 Å². The van der Waals surface area contributed by atoms with Crippen LogP contribution in [0.25, 0.3) is 22.2 Å². The van der Waals surface area contributed by atoms with Crippen molar-refractivity contribution in [3.63, 3.8) is 0 Å². The number of nitrogens with two attached hydrogens (primary N) is 1. The molecule has 4 aromatic rings. The normalized spacial score (nSPS) is 16.9. The highest BCUT2D eigenvalue weighted by atomic mass is 19.4. The molecule has 1 aliphatic rings. The van der Waals surface area contributed by atoms with E-state index < -0.39 is 47.1 Å². The molecule has 0 radical (unpaired) electrons. The fraction of sp³-hybridized carbons (Fsp3) is 0.281. The Bertz CT molecular complexity index is 1870. The number of hydrogen-bond donors (Lipinski definition) is 4. The fourth-order valence-electron chi connectivity index (χ4n) is 5.04. The number of benzene rings is 2. The number of carbonyl (C=O) groups excluding carboxylic acids is 3. The standard InChI is InChI=1S/C32H29F4N5O6/c1-17(42)38-10-11-46-23-13-20(12-19-4-3-9-39-25(19)23)28(43)40-15-31(45,32(34,35)36)24-14-22-27(47-16-30(22,2)29(37)44)26(41-24)18-5-7-21(33)8-6-18/h3-9,12-14,45H,10-11,15-16H2,1-2H3,(H2,37,44)(H,38,42)(H,40,43)/t30-,31-/m0/s1. The second kappa shape index (κ2) is 12.5. The van der Waals surface area contributed by atoms with E-state index in [9.17, 15) is 37.1 Å². The van der Waals surface area contributed by atoms with Gasteiger partial charge in [-0.15, -0.1) is 0 Å². The number of carbonyl (C=O) groups is 3. The van der Waals surface area contributed by atoms with Crippen LogP contribution in [0.15, 0.2) is 60.8 Å². The number of hydrogen-bond acceptors (Lipinski definition) is 8. The minimum Gasteiger partial charge on any atom is -0.489 e. The molecule has 0 aliphatic carbocycles. The first kappa shape index (κ1) is 33.1. The molecule has 2 aromatic carbocycles. The highest BCUT2D eigenvalue weighted by molar-refractivity contribution is 6.00. The van der Waals surface area contributed by atoms with Crippen LogP contribution in [-0.2, 0) is 20.6 Å². The second-order valence-electron chi connectivity index (χ2n) is 11.1. The Morgan fingerprint density at radius 3 is 2.49 bits per heavy atom. The molecule has 3 amide bonds.